The first-order chi connectivity index (χ1) is 8.26. The highest BCUT2D eigenvalue weighted by molar-refractivity contribution is 14.1. The third-order valence-corrected chi connectivity index (χ3v) is 2.68. The highest BCUT2D eigenvalue weighted by Gasteiger charge is 2.32. The predicted molar refractivity (Wildman–Crippen MR) is 77.4 cm³/mol. The van der Waals surface area contributed by atoms with E-state index in [2.05, 4.69) is 0 Å². The van der Waals surface area contributed by atoms with Crippen molar-refractivity contribution in [2.75, 3.05) is 4.61 Å². The Morgan fingerprint density at radius 1 is 1.44 bits per heavy atom. The zero-order valence-electron chi connectivity index (χ0n) is 11.6. The molecular formula is C12H22INO4. The summed E-state index contributed by atoms with van der Waals surface area (Å²) < 4.78 is 5.51. The van der Waals surface area contributed by atoms with Gasteiger partial charge in [-0.15, -0.1) is 0 Å². The fourth-order valence-corrected chi connectivity index (χ4v) is 1.58. The molecule has 0 rings (SSSR count). The minimum atomic E-state index is -0.628. The van der Waals surface area contributed by atoms with Gasteiger partial charge >= 0.3 is 6.09 Å². The van der Waals surface area contributed by atoms with Crippen LogP contribution in [0.4, 0.5) is 4.79 Å². The van der Waals surface area contributed by atoms with E-state index in [1.165, 1.54) is 0 Å². The fourth-order valence-electron chi connectivity index (χ4n) is 1.28. The minimum Gasteiger partial charge on any atom is -0.442 e. The third-order valence-electron chi connectivity index (χ3n) is 2.40. The summed E-state index contributed by atoms with van der Waals surface area (Å²) >= 11 is 1.97. The van der Waals surface area contributed by atoms with Crippen molar-refractivity contribution in [3.05, 3.63) is 0 Å². The Kier molecular flexibility index (Phi) is 7.77. The van der Waals surface area contributed by atoms with Gasteiger partial charge in [-0.1, -0.05) is 42.9 Å². The molecule has 18 heavy (non-hydrogen) atoms. The number of carbonyl (C=O) groups excluding carboxylic acids is 2. The van der Waals surface area contributed by atoms with E-state index in [0.29, 0.717) is 0 Å². The minimum absolute atomic E-state index is 0.0120. The summed E-state index contributed by atoms with van der Waals surface area (Å²) in [4.78, 5) is 28.4. The molecule has 0 fully saturated rings. The Labute approximate surface area is 122 Å². The van der Waals surface area contributed by atoms with Crippen LogP contribution in [0.15, 0.2) is 0 Å². The SMILES string of the molecule is CC[C@H](C)[C@@H](C=O)N(OCI)C(=O)OC(C)(C)C. The zero-order valence-corrected chi connectivity index (χ0v) is 13.8. The van der Waals surface area contributed by atoms with E-state index in [-0.39, 0.29) is 10.5 Å². The van der Waals surface area contributed by atoms with Gasteiger partial charge < -0.3 is 9.53 Å². The Morgan fingerprint density at radius 3 is 2.33 bits per heavy atom. The maximum absolute atomic E-state index is 12.0. The number of alkyl halides is 1. The molecule has 0 unspecified atom stereocenters. The van der Waals surface area contributed by atoms with Crippen LogP contribution in [0, 0.1) is 5.92 Å². The number of nitrogens with zero attached hydrogens (tertiary/aromatic N) is 1. The maximum Gasteiger partial charge on any atom is 0.435 e. The summed E-state index contributed by atoms with van der Waals surface area (Å²) in [5.74, 6) is 0.0120. The number of carbonyl (C=O) groups is 2. The van der Waals surface area contributed by atoms with Crippen LogP contribution in [0.1, 0.15) is 41.0 Å². The molecule has 1 amide bonds. The molecule has 0 N–H and O–H groups in total. The molecular weight excluding hydrogens is 349 g/mol. The van der Waals surface area contributed by atoms with E-state index in [4.69, 9.17) is 9.57 Å². The molecule has 0 aromatic carbocycles. The molecule has 0 radical (unpaired) electrons. The van der Waals surface area contributed by atoms with Crippen molar-refractivity contribution in [2.45, 2.75) is 52.7 Å². The average molecular weight is 371 g/mol. The first kappa shape index (κ1) is 17.6. The number of ether oxygens (including phenoxy) is 1. The Bertz CT molecular complexity index is 278. The second-order valence-corrected chi connectivity index (χ2v) is 5.68. The van der Waals surface area contributed by atoms with Crippen LogP contribution in [0.3, 0.4) is 0 Å². The molecule has 0 saturated heterocycles. The van der Waals surface area contributed by atoms with E-state index < -0.39 is 17.7 Å². The second-order valence-electron chi connectivity index (χ2n) is 5.06. The molecule has 0 aliphatic rings. The van der Waals surface area contributed by atoms with E-state index in [0.717, 1.165) is 17.8 Å². The molecule has 0 aromatic rings. The lowest BCUT2D eigenvalue weighted by Gasteiger charge is -2.31. The number of hydrogen-bond acceptors (Lipinski definition) is 4. The van der Waals surface area contributed by atoms with Crippen LogP contribution in [-0.2, 0) is 14.4 Å². The average Bonchev–Trinajstić information content (AvgIpc) is 2.26. The molecule has 0 aromatic heterocycles. The topological polar surface area (TPSA) is 55.8 Å². The third kappa shape index (κ3) is 5.99. The van der Waals surface area contributed by atoms with Crippen molar-refractivity contribution in [3.8, 4) is 0 Å². The van der Waals surface area contributed by atoms with Crippen molar-refractivity contribution >= 4 is 35.0 Å². The van der Waals surface area contributed by atoms with Gasteiger partial charge in [-0.25, -0.2) is 4.79 Å². The van der Waals surface area contributed by atoms with Gasteiger partial charge in [-0.05, 0) is 26.7 Å². The quantitative estimate of drug-likeness (QED) is 0.312. The predicted octanol–water partition coefficient (Wildman–Crippen LogP) is 3.16. The molecule has 0 aliphatic heterocycles. The van der Waals surface area contributed by atoms with Crippen molar-refractivity contribution < 1.29 is 19.2 Å². The summed E-state index contributed by atoms with van der Waals surface area (Å²) in [6.07, 6.45) is 0.870. The van der Waals surface area contributed by atoms with Crippen LogP contribution in [0.2, 0.25) is 0 Å². The molecule has 0 aliphatic carbocycles. The summed E-state index contributed by atoms with van der Waals surface area (Å²) in [6, 6.07) is -0.625. The molecule has 106 valence electrons. The molecule has 6 heteroatoms. The maximum atomic E-state index is 12.0. The highest BCUT2D eigenvalue weighted by atomic mass is 127. The second kappa shape index (κ2) is 7.93. The number of hydrogen-bond donors (Lipinski definition) is 0. The van der Waals surface area contributed by atoms with Gasteiger partial charge in [0.25, 0.3) is 0 Å². The van der Waals surface area contributed by atoms with Gasteiger partial charge in [0.1, 0.15) is 22.5 Å². The van der Waals surface area contributed by atoms with Crippen molar-refractivity contribution in [1.29, 1.82) is 0 Å². The molecule has 0 bridgehead atoms. The van der Waals surface area contributed by atoms with Crippen LogP contribution in [0.5, 0.6) is 0 Å². The molecule has 2 atom stereocenters. The summed E-state index contributed by atoms with van der Waals surface area (Å²) in [5, 5.41) is 1.04. The summed E-state index contributed by atoms with van der Waals surface area (Å²) in [7, 11) is 0. The fraction of sp³-hybridized carbons (Fsp3) is 0.833. The van der Waals surface area contributed by atoms with Crippen molar-refractivity contribution in [3.63, 3.8) is 0 Å². The smallest absolute Gasteiger partial charge is 0.435 e. The normalized spacial score (nSPS) is 14.8. The first-order valence-corrected chi connectivity index (χ1v) is 7.45. The molecule has 5 nitrogen and oxygen atoms in total. The van der Waals surface area contributed by atoms with Crippen LogP contribution >= 0.6 is 22.6 Å². The van der Waals surface area contributed by atoms with Gasteiger partial charge in [0.05, 0.1) is 0 Å². The molecule has 0 heterocycles. The summed E-state index contributed by atoms with van der Waals surface area (Å²) in [6.45, 7) is 9.16. The van der Waals surface area contributed by atoms with Gasteiger partial charge in [0.2, 0.25) is 0 Å². The van der Waals surface area contributed by atoms with Gasteiger partial charge in [0, 0.05) is 0 Å². The lowest BCUT2D eigenvalue weighted by atomic mass is 10.0. The first-order valence-electron chi connectivity index (χ1n) is 5.93. The van der Waals surface area contributed by atoms with Crippen molar-refractivity contribution in [2.24, 2.45) is 5.92 Å². The molecule has 0 spiro atoms. The lowest BCUT2D eigenvalue weighted by Crippen LogP contribution is -2.46. The van der Waals surface area contributed by atoms with Crippen molar-refractivity contribution in [1.82, 2.24) is 5.06 Å². The number of hydroxylamine groups is 2. The van der Waals surface area contributed by atoms with Crippen LogP contribution in [0.25, 0.3) is 0 Å². The van der Waals surface area contributed by atoms with E-state index in [1.54, 1.807) is 20.8 Å². The highest BCUT2D eigenvalue weighted by Crippen LogP contribution is 2.18. The van der Waals surface area contributed by atoms with E-state index >= 15 is 0 Å². The van der Waals surface area contributed by atoms with Crippen LogP contribution < -0.4 is 0 Å². The Balaban J connectivity index is 4.91. The molecule has 0 saturated carbocycles. The van der Waals surface area contributed by atoms with Gasteiger partial charge in [-0.3, -0.25) is 4.84 Å². The lowest BCUT2D eigenvalue weighted by molar-refractivity contribution is -0.164. The number of rotatable bonds is 6. The standard InChI is InChI=1S/C12H22INO4/c1-6-9(2)10(7-15)14(17-8-13)11(16)18-12(3,4)5/h7,9-10H,6,8H2,1-5H3/t9-,10+/m0/s1. The number of amides is 1. The van der Waals surface area contributed by atoms with E-state index in [9.17, 15) is 9.59 Å². The van der Waals surface area contributed by atoms with Crippen LogP contribution in [-0.4, -0.2) is 33.7 Å². The van der Waals surface area contributed by atoms with Gasteiger partial charge in [-0.2, -0.15) is 5.06 Å². The van der Waals surface area contributed by atoms with E-state index in [1.807, 2.05) is 36.4 Å². The Hall–Kier alpha value is -0.370. The number of aldehydes is 1. The zero-order chi connectivity index (χ0) is 14.3. The van der Waals surface area contributed by atoms with Gasteiger partial charge in [0.15, 0.2) is 0 Å². The number of halogens is 1. The monoisotopic (exact) mass is 371 g/mol. The Morgan fingerprint density at radius 2 is 2.00 bits per heavy atom. The summed E-state index contributed by atoms with van der Waals surface area (Å²) in [5.41, 5.74) is -0.618. The largest absolute Gasteiger partial charge is 0.442 e.